The Morgan fingerprint density at radius 2 is 1.62 bits per heavy atom. The fourth-order valence-electron chi connectivity index (χ4n) is 2.00. The molecule has 5 nitrogen and oxygen atoms in total. The van der Waals surface area contributed by atoms with Gasteiger partial charge in [-0.15, -0.1) is 11.3 Å². The van der Waals surface area contributed by atoms with E-state index in [-0.39, 0.29) is 10.7 Å². The fraction of sp³-hybridized carbons (Fsp3) is 0. The molecule has 6 heteroatoms. The molecule has 0 spiro atoms. The Morgan fingerprint density at radius 1 is 0.958 bits per heavy atom. The van der Waals surface area contributed by atoms with E-state index < -0.39 is 5.97 Å². The van der Waals surface area contributed by atoms with Gasteiger partial charge in [0.05, 0.1) is 4.88 Å². The first-order chi connectivity index (χ1) is 11.6. The summed E-state index contributed by atoms with van der Waals surface area (Å²) in [7, 11) is 0. The van der Waals surface area contributed by atoms with E-state index in [4.69, 9.17) is 5.11 Å². The number of aromatic carboxylic acids is 1. The highest BCUT2D eigenvalue weighted by Crippen LogP contribution is 2.18. The quantitative estimate of drug-likeness (QED) is 0.566. The van der Waals surface area contributed by atoms with Crippen LogP contribution in [0.15, 0.2) is 60.9 Å². The standard InChI is InChI=1S/C18H12N2O3S/c21-14(15-8-9-16(24-15)18(22)23)7-6-12-10-19-17(20-11-12)13-4-2-1-3-5-13/h1-11H,(H,22,23)/b7-6+. The second-order valence-corrected chi connectivity index (χ2v) is 5.96. The minimum absolute atomic E-state index is 0.141. The number of hydrogen-bond acceptors (Lipinski definition) is 5. The number of nitrogens with zero attached hydrogens (tertiary/aromatic N) is 2. The molecule has 1 aromatic carbocycles. The van der Waals surface area contributed by atoms with Gasteiger partial charge in [-0.05, 0) is 24.3 Å². The molecule has 0 bridgehead atoms. The summed E-state index contributed by atoms with van der Waals surface area (Å²) in [4.78, 5) is 31.9. The maximum absolute atomic E-state index is 12.0. The van der Waals surface area contributed by atoms with Crippen LogP contribution in [-0.4, -0.2) is 26.8 Å². The molecule has 0 fully saturated rings. The van der Waals surface area contributed by atoms with E-state index in [1.165, 1.54) is 18.2 Å². The van der Waals surface area contributed by atoms with E-state index in [0.717, 1.165) is 16.9 Å². The third kappa shape index (κ3) is 3.61. The van der Waals surface area contributed by atoms with Gasteiger partial charge in [-0.2, -0.15) is 0 Å². The topological polar surface area (TPSA) is 80.1 Å². The zero-order valence-corrected chi connectivity index (χ0v) is 13.2. The Labute approximate surface area is 142 Å². The fourth-order valence-corrected chi connectivity index (χ4v) is 2.76. The summed E-state index contributed by atoms with van der Waals surface area (Å²) >= 11 is 0.952. The van der Waals surface area contributed by atoms with Crippen LogP contribution in [0.5, 0.6) is 0 Å². The predicted molar refractivity (Wildman–Crippen MR) is 92.1 cm³/mol. The first kappa shape index (κ1) is 15.8. The maximum atomic E-state index is 12.0. The smallest absolute Gasteiger partial charge is 0.345 e. The number of carbonyl (C=O) groups excluding carboxylic acids is 1. The van der Waals surface area contributed by atoms with Gasteiger partial charge < -0.3 is 5.11 Å². The summed E-state index contributed by atoms with van der Waals surface area (Å²) in [5.74, 6) is -0.670. The molecule has 0 amide bonds. The lowest BCUT2D eigenvalue weighted by molar-refractivity contribution is 0.0702. The molecular weight excluding hydrogens is 324 g/mol. The number of allylic oxidation sites excluding steroid dienone is 1. The van der Waals surface area contributed by atoms with Crippen LogP contribution in [0, 0.1) is 0 Å². The Bertz CT molecular complexity index is 900. The summed E-state index contributed by atoms with van der Waals surface area (Å²) in [5.41, 5.74) is 1.61. The van der Waals surface area contributed by atoms with Crippen molar-refractivity contribution in [3.63, 3.8) is 0 Å². The van der Waals surface area contributed by atoms with Crippen molar-refractivity contribution in [1.82, 2.24) is 9.97 Å². The van der Waals surface area contributed by atoms with Crippen LogP contribution in [0.1, 0.15) is 24.9 Å². The molecule has 0 aliphatic carbocycles. The van der Waals surface area contributed by atoms with Gasteiger partial charge in [0, 0.05) is 23.5 Å². The van der Waals surface area contributed by atoms with E-state index in [0.29, 0.717) is 16.3 Å². The Balaban J connectivity index is 1.72. The van der Waals surface area contributed by atoms with Gasteiger partial charge in [-0.3, -0.25) is 4.79 Å². The van der Waals surface area contributed by atoms with Crippen LogP contribution in [0.3, 0.4) is 0 Å². The van der Waals surface area contributed by atoms with Crippen molar-refractivity contribution >= 4 is 29.2 Å². The van der Waals surface area contributed by atoms with Crippen molar-refractivity contribution in [2.45, 2.75) is 0 Å². The average molecular weight is 336 g/mol. The monoisotopic (exact) mass is 336 g/mol. The molecule has 0 aliphatic heterocycles. The van der Waals surface area contributed by atoms with Crippen LogP contribution in [0.4, 0.5) is 0 Å². The van der Waals surface area contributed by atoms with Crippen molar-refractivity contribution in [3.05, 3.63) is 76.3 Å². The summed E-state index contributed by atoms with van der Waals surface area (Å²) in [6, 6.07) is 12.5. The molecule has 1 N–H and O–H groups in total. The van der Waals surface area contributed by atoms with Crippen molar-refractivity contribution in [3.8, 4) is 11.4 Å². The molecule has 3 rings (SSSR count). The lowest BCUT2D eigenvalue weighted by Crippen LogP contribution is -1.92. The second-order valence-electron chi connectivity index (χ2n) is 4.87. The van der Waals surface area contributed by atoms with E-state index in [1.807, 2.05) is 30.3 Å². The molecular formula is C18H12N2O3S. The summed E-state index contributed by atoms with van der Waals surface area (Å²) in [6.07, 6.45) is 6.27. The van der Waals surface area contributed by atoms with E-state index in [9.17, 15) is 9.59 Å². The number of carboxylic acid groups (broad SMARTS) is 1. The highest BCUT2D eigenvalue weighted by Gasteiger charge is 2.10. The van der Waals surface area contributed by atoms with Gasteiger partial charge in [-0.25, -0.2) is 14.8 Å². The summed E-state index contributed by atoms with van der Waals surface area (Å²) < 4.78 is 0. The molecule has 2 heterocycles. The number of ketones is 1. The van der Waals surface area contributed by atoms with Crippen LogP contribution in [0.25, 0.3) is 17.5 Å². The number of benzene rings is 1. The highest BCUT2D eigenvalue weighted by atomic mass is 32.1. The van der Waals surface area contributed by atoms with Crippen molar-refractivity contribution in [2.75, 3.05) is 0 Å². The SMILES string of the molecule is O=C(O)c1ccc(C(=O)/C=C/c2cnc(-c3ccccc3)nc2)s1. The lowest BCUT2D eigenvalue weighted by Gasteiger charge is -1.99. The maximum Gasteiger partial charge on any atom is 0.345 e. The van der Waals surface area contributed by atoms with Gasteiger partial charge >= 0.3 is 5.97 Å². The number of carbonyl (C=O) groups is 2. The lowest BCUT2D eigenvalue weighted by atomic mass is 10.2. The predicted octanol–water partition coefficient (Wildman–Crippen LogP) is 3.80. The number of hydrogen-bond donors (Lipinski definition) is 1. The third-order valence-electron chi connectivity index (χ3n) is 3.19. The normalized spacial score (nSPS) is 10.8. The first-order valence-corrected chi connectivity index (χ1v) is 7.88. The van der Waals surface area contributed by atoms with Crippen molar-refractivity contribution < 1.29 is 14.7 Å². The van der Waals surface area contributed by atoms with Gasteiger partial charge in [0.25, 0.3) is 0 Å². The zero-order chi connectivity index (χ0) is 16.9. The van der Waals surface area contributed by atoms with E-state index in [1.54, 1.807) is 18.5 Å². The number of carboxylic acids is 1. The molecule has 0 aliphatic rings. The van der Waals surface area contributed by atoms with Gasteiger partial charge in [0.15, 0.2) is 11.6 Å². The number of aromatic nitrogens is 2. The van der Waals surface area contributed by atoms with Crippen LogP contribution in [-0.2, 0) is 0 Å². The van der Waals surface area contributed by atoms with Crippen molar-refractivity contribution in [1.29, 1.82) is 0 Å². The molecule has 0 atom stereocenters. The van der Waals surface area contributed by atoms with Crippen molar-refractivity contribution in [2.24, 2.45) is 0 Å². The number of thiophene rings is 1. The van der Waals surface area contributed by atoms with Gasteiger partial charge in [0.2, 0.25) is 0 Å². The minimum atomic E-state index is -1.03. The van der Waals surface area contributed by atoms with E-state index in [2.05, 4.69) is 9.97 Å². The zero-order valence-electron chi connectivity index (χ0n) is 12.4. The summed E-state index contributed by atoms with van der Waals surface area (Å²) in [5, 5.41) is 8.87. The molecule has 0 unspecified atom stereocenters. The molecule has 0 radical (unpaired) electrons. The van der Waals surface area contributed by atoms with Crippen LogP contribution in [0.2, 0.25) is 0 Å². The number of rotatable bonds is 5. The van der Waals surface area contributed by atoms with E-state index >= 15 is 0 Å². The average Bonchev–Trinajstić information content (AvgIpc) is 3.11. The molecule has 0 saturated carbocycles. The second kappa shape index (κ2) is 6.97. The largest absolute Gasteiger partial charge is 0.477 e. The minimum Gasteiger partial charge on any atom is -0.477 e. The molecule has 2 aromatic heterocycles. The Morgan fingerprint density at radius 3 is 2.25 bits per heavy atom. The van der Waals surface area contributed by atoms with Crippen LogP contribution >= 0.6 is 11.3 Å². The summed E-state index contributed by atoms with van der Waals surface area (Å²) in [6.45, 7) is 0. The van der Waals surface area contributed by atoms with Crippen LogP contribution < -0.4 is 0 Å². The molecule has 3 aromatic rings. The Kier molecular flexibility index (Phi) is 4.58. The Hall–Kier alpha value is -3.12. The molecule has 118 valence electrons. The first-order valence-electron chi connectivity index (χ1n) is 7.06. The third-order valence-corrected chi connectivity index (χ3v) is 4.28. The molecule has 24 heavy (non-hydrogen) atoms. The highest BCUT2D eigenvalue weighted by molar-refractivity contribution is 7.16. The molecule has 0 saturated heterocycles. The van der Waals surface area contributed by atoms with Gasteiger partial charge in [-0.1, -0.05) is 30.3 Å². The van der Waals surface area contributed by atoms with Gasteiger partial charge in [0.1, 0.15) is 4.88 Å².